The zero-order valence-corrected chi connectivity index (χ0v) is 39.9. The van der Waals surface area contributed by atoms with Gasteiger partial charge in [0.25, 0.3) is 0 Å². The fraction of sp³-hybridized carbons (Fsp3) is 0. The standard InChI is InChI=1S/C68H42N4O2/c1-2-16-43(17-3-1)68-71-41-49(42-72-68)55-23-9-8-22-54(55)48-37-46(52-20-6-4-18-50(52)44-32-34-62(69-39-44)60-28-14-26-58-56-24-10-12-30-64(56)73-66(58)60)36-47(38-48)53-21-7-5-19-51(53)45-33-35-63(70-40-45)61-29-15-27-59-57-25-11-13-31-65(57)74-67(59)61/h1-42H. The van der Waals surface area contributed by atoms with E-state index in [0.717, 1.165) is 139 Å². The molecule has 9 aromatic carbocycles. The first-order valence-corrected chi connectivity index (χ1v) is 24.7. The maximum atomic E-state index is 6.41. The van der Waals surface area contributed by atoms with Gasteiger partial charge < -0.3 is 8.83 Å². The summed E-state index contributed by atoms with van der Waals surface area (Å²) in [5.41, 5.74) is 20.6. The van der Waals surface area contributed by atoms with Crippen LogP contribution in [0.2, 0.25) is 0 Å². The number of hydrogen-bond acceptors (Lipinski definition) is 6. The van der Waals surface area contributed by atoms with Crippen molar-refractivity contribution < 1.29 is 8.83 Å². The van der Waals surface area contributed by atoms with Gasteiger partial charge in [0.1, 0.15) is 22.3 Å². The number of hydrogen-bond donors (Lipinski definition) is 0. The summed E-state index contributed by atoms with van der Waals surface area (Å²) < 4.78 is 12.8. The lowest BCUT2D eigenvalue weighted by Crippen LogP contribution is -1.94. The number of pyridine rings is 2. The molecule has 0 N–H and O–H groups in total. The molecule has 0 saturated heterocycles. The Morgan fingerprint density at radius 1 is 0.230 bits per heavy atom. The Hall–Kier alpha value is -10.0. The van der Waals surface area contributed by atoms with Crippen molar-refractivity contribution in [2.45, 2.75) is 0 Å². The first-order chi connectivity index (χ1) is 36.7. The summed E-state index contributed by atoms with van der Waals surface area (Å²) in [4.78, 5) is 19.9. The highest BCUT2D eigenvalue weighted by Crippen LogP contribution is 2.44. The highest BCUT2D eigenvalue weighted by Gasteiger charge is 2.19. The van der Waals surface area contributed by atoms with Gasteiger partial charge in [-0.05, 0) is 105 Å². The molecule has 0 unspecified atom stereocenters. The molecule has 0 atom stereocenters. The predicted octanol–water partition coefficient (Wildman–Crippen LogP) is 18.1. The monoisotopic (exact) mass is 946 g/mol. The Kier molecular flexibility index (Phi) is 10.4. The van der Waals surface area contributed by atoms with E-state index < -0.39 is 0 Å². The Morgan fingerprint density at radius 3 is 1.01 bits per heavy atom. The Morgan fingerprint density at radius 2 is 0.581 bits per heavy atom. The second-order valence-electron chi connectivity index (χ2n) is 18.5. The molecule has 0 fully saturated rings. The van der Waals surface area contributed by atoms with E-state index >= 15 is 0 Å². The molecule has 74 heavy (non-hydrogen) atoms. The second kappa shape index (κ2) is 18.0. The largest absolute Gasteiger partial charge is 0.455 e. The Labute approximate surface area is 426 Å². The minimum Gasteiger partial charge on any atom is -0.455 e. The molecule has 0 spiro atoms. The molecule has 6 heteroatoms. The number of nitrogens with zero attached hydrogens (tertiary/aromatic N) is 4. The molecule has 0 saturated carbocycles. The van der Waals surface area contributed by atoms with Crippen LogP contribution >= 0.6 is 0 Å². The van der Waals surface area contributed by atoms with E-state index in [0.29, 0.717) is 5.82 Å². The van der Waals surface area contributed by atoms with E-state index in [9.17, 15) is 0 Å². The highest BCUT2D eigenvalue weighted by atomic mass is 16.3. The van der Waals surface area contributed by atoms with Crippen LogP contribution in [0.15, 0.2) is 264 Å². The Bertz CT molecular complexity index is 4190. The number of rotatable bonds is 9. The van der Waals surface area contributed by atoms with Crippen LogP contribution in [-0.2, 0) is 0 Å². The normalized spacial score (nSPS) is 11.5. The maximum absolute atomic E-state index is 6.41. The third-order valence-corrected chi connectivity index (χ3v) is 14.2. The maximum Gasteiger partial charge on any atom is 0.159 e. The molecule has 0 aliphatic heterocycles. The predicted molar refractivity (Wildman–Crippen MR) is 301 cm³/mol. The van der Waals surface area contributed by atoms with Gasteiger partial charge in [0.15, 0.2) is 5.82 Å². The molecule has 346 valence electrons. The molecule has 6 nitrogen and oxygen atoms in total. The highest BCUT2D eigenvalue weighted by molar-refractivity contribution is 6.10. The zero-order valence-electron chi connectivity index (χ0n) is 39.9. The fourth-order valence-electron chi connectivity index (χ4n) is 10.6. The summed E-state index contributed by atoms with van der Waals surface area (Å²) in [6.45, 7) is 0. The molecule has 0 bridgehead atoms. The van der Waals surface area contributed by atoms with E-state index in [1.54, 1.807) is 0 Å². The molecule has 5 aromatic heterocycles. The minimum absolute atomic E-state index is 0.688. The van der Waals surface area contributed by atoms with Crippen molar-refractivity contribution in [3.63, 3.8) is 0 Å². The molecule has 0 aliphatic carbocycles. The second-order valence-corrected chi connectivity index (χ2v) is 18.5. The lowest BCUT2D eigenvalue weighted by molar-refractivity contribution is 0.669. The van der Waals surface area contributed by atoms with E-state index in [1.807, 2.05) is 91.5 Å². The van der Waals surface area contributed by atoms with Crippen LogP contribution in [0.5, 0.6) is 0 Å². The van der Waals surface area contributed by atoms with Gasteiger partial charge in [-0.1, -0.05) is 176 Å². The molecule has 0 radical (unpaired) electrons. The number of furan rings is 2. The number of fused-ring (bicyclic) bond motifs is 6. The molecule has 14 aromatic rings. The topological polar surface area (TPSA) is 77.8 Å². The molecular formula is C68H42N4O2. The Balaban J connectivity index is 0.891. The molecular weight excluding hydrogens is 905 g/mol. The third kappa shape index (κ3) is 7.52. The molecule has 14 rings (SSSR count). The van der Waals surface area contributed by atoms with Crippen molar-refractivity contribution in [1.82, 2.24) is 19.9 Å². The van der Waals surface area contributed by atoms with Crippen molar-refractivity contribution >= 4 is 43.9 Å². The van der Waals surface area contributed by atoms with Gasteiger partial charge in [-0.2, -0.15) is 0 Å². The van der Waals surface area contributed by atoms with Gasteiger partial charge >= 0.3 is 0 Å². The minimum atomic E-state index is 0.688. The van der Waals surface area contributed by atoms with E-state index in [1.165, 1.54) is 0 Å². The van der Waals surface area contributed by atoms with Gasteiger partial charge in [-0.15, -0.1) is 0 Å². The van der Waals surface area contributed by atoms with Crippen LogP contribution in [0.3, 0.4) is 0 Å². The molecule has 5 heterocycles. The van der Waals surface area contributed by atoms with Crippen molar-refractivity contribution in [3.8, 4) is 101 Å². The third-order valence-electron chi connectivity index (χ3n) is 14.2. The number of benzene rings is 9. The van der Waals surface area contributed by atoms with Crippen LogP contribution in [0.4, 0.5) is 0 Å². The molecule has 0 aliphatic rings. The first-order valence-electron chi connectivity index (χ1n) is 24.7. The van der Waals surface area contributed by atoms with Gasteiger partial charge in [0.05, 0.1) is 11.4 Å². The van der Waals surface area contributed by atoms with Crippen LogP contribution in [0.25, 0.3) is 145 Å². The fourth-order valence-corrected chi connectivity index (χ4v) is 10.6. The summed E-state index contributed by atoms with van der Waals surface area (Å²) in [6, 6.07) is 80.2. The number of aromatic nitrogens is 4. The van der Waals surface area contributed by atoms with Crippen molar-refractivity contribution in [2.75, 3.05) is 0 Å². The van der Waals surface area contributed by atoms with Gasteiger partial charge in [-0.25, -0.2) is 9.97 Å². The SMILES string of the molecule is c1ccc(-c2ncc(-c3ccccc3-c3cc(-c4ccccc4-c4ccc(-c5cccc6c5oc5ccccc56)nc4)cc(-c4ccccc4-c4ccc(-c5cccc6c5oc5ccccc56)nc4)c3)cn2)cc1. The van der Waals surface area contributed by atoms with Gasteiger partial charge in [-0.3, -0.25) is 9.97 Å². The van der Waals surface area contributed by atoms with Crippen LogP contribution in [0.1, 0.15) is 0 Å². The van der Waals surface area contributed by atoms with Gasteiger partial charge in [0, 0.05) is 79.7 Å². The zero-order chi connectivity index (χ0) is 49.0. The van der Waals surface area contributed by atoms with Crippen LogP contribution < -0.4 is 0 Å². The average molecular weight is 947 g/mol. The summed E-state index contributed by atoms with van der Waals surface area (Å²) in [7, 11) is 0. The van der Waals surface area contributed by atoms with E-state index in [2.05, 4.69) is 164 Å². The van der Waals surface area contributed by atoms with E-state index in [-0.39, 0.29) is 0 Å². The lowest BCUT2D eigenvalue weighted by Gasteiger charge is -2.18. The first kappa shape index (κ1) is 42.8. The quantitative estimate of drug-likeness (QED) is 0.143. The lowest BCUT2D eigenvalue weighted by atomic mass is 9.86. The summed E-state index contributed by atoms with van der Waals surface area (Å²) >= 11 is 0. The molecule has 0 amide bonds. The smallest absolute Gasteiger partial charge is 0.159 e. The van der Waals surface area contributed by atoms with Crippen molar-refractivity contribution in [3.05, 3.63) is 255 Å². The van der Waals surface area contributed by atoms with Gasteiger partial charge in [0.2, 0.25) is 0 Å². The number of para-hydroxylation sites is 4. The van der Waals surface area contributed by atoms with Crippen molar-refractivity contribution in [1.29, 1.82) is 0 Å². The summed E-state index contributed by atoms with van der Waals surface area (Å²) in [5, 5.41) is 4.35. The van der Waals surface area contributed by atoms with Crippen LogP contribution in [-0.4, -0.2) is 19.9 Å². The summed E-state index contributed by atoms with van der Waals surface area (Å²) in [6.07, 6.45) is 7.82. The van der Waals surface area contributed by atoms with E-state index in [4.69, 9.17) is 28.8 Å². The van der Waals surface area contributed by atoms with Crippen molar-refractivity contribution in [2.24, 2.45) is 0 Å². The average Bonchev–Trinajstić information content (AvgIpc) is 4.07. The van der Waals surface area contributed by atoms with Crippen LogP contribution in [0, 0.1) is 0 Å². The summed E-state index contributed by atoms with van der Waals surface area (Å²) in [5.74, 6) is 0.688.